The first kappa shape index (κ1) is 23.7. The number of ether oxygens (including phenoxy) is 1. The molecule has 4 rings (SSSR count). The van der Waals surface area contributed by atoms with Crippen molar-refractivity contribution < 1.29 is 18.7 Å². The molecule has 10 heteroatoms. The van der Waals surface area contributed by atoms with Crippen molar-refractivity contribution in [1.82, 2.24) is 15.2 Å². The van der Waals surface area contributed by atoms with Crippen LogP contribution in [-0.2, 0) is 16.1 Å². The molecule has 4 aromatic rings. The molecule has 0 unspecified atom stereocenters. The van der Waals surface area contributed by atoms with Crippen LogP contribution in [-0.4, -0.2) is 39.4 Å². The molecule has 0 saturated heterocycles. The number of carbonyl (C=O) groups excluding carboxylic acids is 2. The maximum atomic E-state index is 13.3. The van der Waals surface area contributed by atoms with E-state index in [1.807, 2.05) is 60.7 Å². The van der Waals surface area contributed by atoms with Crippen LogP contribution in [0.5, 0.6) is 0 Å². The van der Waals surface area contributed by atoms with Gasteiger partial charge in [0.05, 0.1) is 24.6 Å². The standard InChI is InChI=1S/C24H22N4O4S2/c1-3-31-22(30)20-16(2)25-23(34-20)28(14-17-10-6-4-7-11-17)19(29)15-33-24-27-26-21(32-24)18-12-8-5-9-13-18/h4-13H,3,14-15H2,1-2H3. The summed E-state index contributed by atoms with van der Waals surface area (Å²) >= 11 is 2.30. The number of amides is 1. The lowest BCUT2D eigenvalue weighted by molar-refractivity contribution is -0.116. The SMILES string of the molecule is CCOC(=O)c1sc(N(Cc2ccccc2)C(=O)CSc2nnc(-c3ccccc3)o2)nc1C. The van der Waals surface area contributed by atoms with Crippen LogP contribution in [0.25, 0.3) is 11.5 Å². The number of rotatable bonds is 9. The smallest absolute Gasteiger partial charge is 0.350 e. The highest BCUT2D eigenvalue weighted by molar-refractivity contribution is 7.99. The van der Waals surface area contributed by atoms with Gasteiger partial charge in [-0.15, -0.1) is 10.2 Å². The van der Waals surface area contributed by atoms with Crippen LogP contribution < -0.4 is 4.90 Å². The minimum Gasteiger partial charge on any atom is -0.462 e. The van der Waals surface area contributed by atoms with Crippen molar-refractivity contribution in [2.24, 2.45) is 0 Å². The third-order valence-electron chi connectivity index (χ3n) is 4.71. The number of aryl methyl sites for hydroxylation is 1. The van der Waals surface area contributed by atoms with Crippen LogP contribution in [0.4, 0.5) is 5.13 Å². The number of hydrogen-bond donors (Lipinski definition) is 0. The number of nitrogens with zero attached hydrogens (tertiary/aromatic N) is 4. The quantitative estimate of drug-likeness (QED) is 0.237. The summed E-state index contributed by atoms with van der Waals surface area (Å²) in [6.45, 7) is 4.06. The lowest BCUT2D eigenvalue weighted by atomic mass is 10.2. The van der Waals surface area contributed by atoms with Gasteiger partial charge < -0.3 is 9.15 Å². The van der Waals surface area contributed by atoms with Gasteiger partial charge in [-0.3, -0.25) is 9.69 Å². The van der Waals surface area contributed by atoms with Gasteiger partial charge >= 0.3 is 5.97 Å². The second-order valence-corrected chi connectivity index (χ2v) is 9.03. The monoisotopic (exact) mass is 494 g/mol. The van der Waals surface area contributed by atoms with Crippen LogP contribution in [0.15, 0.2) is 70.3 Å². The molecule has 0 atom stereocenters. The summed E-state index contributed by atoms with van der Waals surface area (Å²) in [6.07, 6.45) is 0. The van der Waals surface area contributed by atoms with E-state index in [9.17, 15) is 9.59 Å². The zero-order valence-electron chi connectivity index (χ0n) is 18.6. The van der Waals surface area contributed by atoms with Gasteiger partial charge in [0.2, 0.25) is 11.8 Å². The zero-order chi connectivity index (χ0) is 23.9. The lowest BCUT2D eigenvalue weighted by Crippen LogP contribution is -2.31. The molecule has 0 aliphatic heterocycles. The van der Waals surface area contributed by atoms with Gasteiger partial charge in [-0.2, -0.15) is 0 Å². The second kappa shape index (κ2) is 11.1. The summed E-state index contributed by atoms with van der Waals surface area (Å²) in [5, 5.41) is 8.84. The summed E-state index contributed by atoms with van der Waals surface area (Å²) in [5.41, 5.74) is 2.28. The lowest BCUT2D eigenvalue weighted by Gasteiger charge is -2.19. The van der Waals surface area contributed by atoms with Crippen molar-refractivity contribution in [2.75, 3.05) is 17.3 Å². The van der Waals surface area contributed by atoms with Gasteiger partial charge in [0.25, 0.3) is 5.22 Å². The molecule has 0 radical (unpaired) electrons. The Balaban J connectivity index is 1.52. The topological polar surface area (TPSA) is 98.4 Å². The normalized spacial score (nSPS) is 10.8. The van der Waals surface area contributed by atoms with Gasteiger partial charge in [-0.05, 0) is 31.5 Å². The second-order valence-electron chi connectivity index (χ2n) is 7.12. The van der Waals surface area contributed by atoms with Crippen molar-refractivity contribution in [2.45, 2.75) is 25.6 Å². The van der Waals surface area contributed by atoms with Gasteiger partial charge in [0.15, 0.2) is 5.13 Å². The van der Waals surface area contributed by atoms with E-state index in [-0.39, 0.29) is 18.3 Å². The van der Waals surface area contributed by atoms with E-state index in [1.54, 1.807) is 18.7 Å². The number of hydrogen-bond acceptors (Lipinski definition) is 9. The number of aromatic nitrogens is 3. The van der Waals surface area contributed by atoms with Crippen LogP contribution in [0.2, 0.25) is 0 Å². The molecule has 0 aliphatic carbocycles. The number of thiazole rings is 1. The van der Waals surface area contributed by atoms with Crippen LogP contribution in [0.1, 0.15) is 27.9 Å². The highest BCUT2D eigenvalue weighted by Crippen LogP contribution is 2.30. The molecule has 1 amide bonds. The maximum Gasteiger partial charge on any atom is 0.350 e. The van der Waals surface area contributed by atoms with Crippen molar-refractivity contribution in [3.05, 3.63) is 76.8 Å². The third kappa shape index (κ3) is 5.70. The maximum absolute atomic E-state index is 13.3. The Bertz CT molecular complexity index is 1260. The van der Waals surface area contributed by atoms with E-state index in [4.69, 9.17) is 9.15 Å². The molecule has 0 N–H and O–H groups in total. The first-order valence-electron chi connectivity index (χ1n) is 10.6. The van der Waals surface area contributed by atoms with E-state index in [0.29, 0.717) is 33.4 Å². The molecular weight excluding hydrogens is 472 g/mol. The van der Waals surface area contributed by atoms with E-state index >= 15 is 0 Å². The number of carbonyl (C=O) groups is 2. The molecule has 174 valence electrons. The fraction of sp³-hybridized carbons (Fsp3) is 0.208. The van der Waals surface area contributed by atoms with E-state index in [0.717, 1.165) is 34.2 Å². The Morgan fingerprint density at radius 3 is 2.47 bits per heavy atom. The highest BCUT2D eigenvalue weighted by Gasteiger charge is 2.25. The van der Waals surface area contributed by atoms with E-state index in [2.05, 4.69) is 15.2 Å². The first-order chi connectivity index (χ1) is 16.5. The number of thioether (sulfide) groups is 1. The first-order valence-corrected chi connectivity index (χ1v) is 12.4. The summed E-state index contributed by atoms with van der Waals surface area (Å²) in [5.74, 6) is -0.176. The Morgan fingerprint density at radius 1 is 1.06 bits per heavy atom. The van der Waals surface area contributed by atoms with Crippen LogP contribution in [0, 0.1) is 6.92 Å². The van der Waals surface area contributed by atoms with Crippen molar-refractivity contribution in [3.63, 3.8) is 0 Å². The predicted octanol–water partition coefficient (Wildman–Crippen LogP) is 5.00. The van der Waals surface area contributed by atoms with Gasteiger partial charge in [0.1, 0.15) is 4.88 Å². The summed E-state index contributed by atoms with van der Waals surface area (Å²) in [6, 6.07) is 19.0. The number of benzene rings is 2. The van der Waals surface area contributed by atoms with Crippen LogP contribution in [0.3, 0.4) is 0 Å². The molecule has 0 spiro atoms. The molecule has 8 nitrogen and oxygen atoms in total. The summed E-state index contributed by atoms with van der Waals surface area (Å²) in [7, 11) is 0. The molecule has 2 heterocycles. The largest absolute Gasteiger partial charge is 0.462 e. The number of esters is 1. The molecule has 0 saturated carbocycles. The molecule has 0 aliphatic rings. The Kier molecular flexibility index (Phi) is 7.71. The molecule has 34 heavy (non-hydrogen) atoms. The third-order valence-corrected chi connectivity index (χ3v) is 6.67. The van der Waals surface area contributed by atoms with Gasteiger partial charge in [-0.25, -0.2) is 9.78 Å². The summed E-state index contributed by atoms with van der Waals surface area (Å²) < 4.78 is 10.8. The van der Waals surface area contributed by atoms with Crippen molar-refractivity contribution in [3.8, 4) is 11.5 Å². The Hall–Kier alpha value is -3.50. The molecule has 2 aromatic heterocycles. The molecular formula is C24H22N4O4S2. The van der Waals surface area contributed by atoms with Crippen molar-refractivity contribution >= 4 is 40.1 Å². The van der Waals surface area contributed by atoms with E-state index in [1.165, 1.54) is 0 Å². The average Bonchev–Trinajstić information content (AvgIpc) is 3.49. The fourth-order valence-corrected chi connectivity index (χ4v) is 4.70. The number of anilines is 1. The summed E-state index contributed by atoms with van der Waals surface area (Å²) in [4.78, 5) is 32.0. The van der Waals surface area contributed by atoms with Gasteiger partial charge in [0, 0.05) is 5.56 Å². The minimum atomic E-state index is -0.440. The predicted molar refractivity (Wildman–Crippen MR) is 131 cm³/mol. The van der Waals surface area contributed by atoms with E-state index < -0.39 is 5.97 Å². The molecule has 2 aromatic carbocycles. The minimum absolute atomic E-state index is 0.0661. The Morgan fingerprint density at radius 2 is 1.76 bits per heavy atom. The highest BCUT2D eigenvalue weighted by atomic mass is 32.2. The van der Waals surface area contributed by atoms with Crippen molar-refractivity contribution in [1.29, 1.82) is 0 Å². The zero-order valence-corrected chi connectivity index (χ0v) is 20.3. The van der Waals surface area contributed by atoms with Crippen LogP contribution >= 0.6 is 23.1 Å². The Labute approximate surface area is 205 Å². The average molecular weight is 495 g/mol. The molecule has 0 bridgehead atoms. The fourth-order valence-electron chi connectivity index (χ4n) is 3.08. The van der Waals surface area contributed by atoms with Gasteiger partial charge in [-0.1, -0.05) is 71.6 Å². The molecule has 0 fully saturated rings.